The summed E-state index contributed by atoms with van der Waals surface area (Å²) in [5, 5.41) is 3.57. The zero-order valence-corrected chi connectivity index (χ0v) is 14.3. The molecule has 0 aliphatic rings. The van der Waals surface area contributed by atoms with E-state index in [1.807, 2.05) is 0 Å². The maximum atomic E-state index is 14.7. The third-order valence-electron chi connectivity index (χ3n) is 3.92. The summed E-state index contributed by atoms with van der Waals surface area (Å²) in [6.07, 6.45) is 4.67. The number of fused-ring (bicyclic) bond motifs is 1. The van der Waals surface area contributed by atoms with Gasteiger partial charge in [-0.05, 0) is 30.3 Å². The highest BCUT2D eigenvalue weighted by atomic mass is 19.1. The number of allylic oxidation sites excluding steroid dienone is 1. The van der Waals surface area contributed by atoms with Gasteiger partial charge in [-0.25, -0.2) is 9.37 Å². The lowest BCUT2D eigenvalue weighted by Crippen LogP contribution is -2.08. The Morgan fingerprint density at radius 1 is 1.27 bits per heavy atom. The standard InChI is InChI=1S/C19H19FN6/c1-23-10-13(9-21)16-7-5-15(22)19(26-16)25-11-12-4-6-17-14(18(12)20)3-2-8-24-17/h2-10H,11,21-22H2,1H3,(H,25,26). The Hall–Kier alpha value is -3.48. The van der Waals surface area contributed by atoms with Crippen LogP contribution in [0.1, 0.15) is 11.3 Å². The van der Waals surface area contributed by atoms with Crippen molar-refractivity contribution in [1.82, 2.24) is 9.97 Å². The minimum atomic E-state index is -0.307. The predicted octanol–water partition coefficient (Wildman–Crippen LogP) is 2.96. The lowest BCUT2D eigenvalue weighted by molar-refractivity contribution is 0.624. The lowest BCUT2D eigenvalue weighted by Gasteiger charge is -2.12. The monoisotopic (exact) mass is 350 g/mol. The van der Waals surface area contributed by atoms with Crippen molar-refractivity contribution in [3.05, 3.63) is 65.9 Å². The van der Waals surface area contributed by atoms with Gasteiger partial charge >= 0.3 is 0 Å². The Bertz CT molecular complexity index is 996. The Kier molecular flexibility index (Phi) is 5.07. The van der Waals surface area contributed by atoms with Crippen LogP contribution < -0.4 is 16.8 Å². The fourth-order valence-corrected chi connectivity index (χ4v) is 2.58. The largest absolute Gasteiger partial charge is 0.404 e. The van der Waals surface area contributed by atoms with E-state index in [2.05, 4.69) is 20.3 Å². The average molecular weight is 350 g/mol. The third-order valence-corrected chi connectivity index (χ3v) is 3.92. The van der Waals surface area contributed by atoms with Crippen molar-refractivity contribution in [2.45, 2.75) is 6.54 Å². The molecule has 7 heteroatoms. The van der Waals surface area contributed by atoms with E-state index in [0.717, 1.165) is 0 Å². The first-order chi connectivity index (χ1) is 12.6. The summed E-state index contributed by atoms with van der Waals surface area (Å²) in [6.45, 7) is 0.237. The number of nitrogens with zero attached hydrogens (tertiary/aromatic N) is 3. The number of aliphatic imine (C=N–C) groups is 1. The summed E-state index contributed by atoms with van der Waals surface area (Å²) in [6, 6.07) is 10.4. The second kappa shape index (κ2) is 7.60. The molecular weight excluding hydrogens is 331 g/mol. The number of anilines is 2. The quantitative estimate of drug-likeness (QED) is 0.614. The highest BCUT2D eigenvalue weighted by Crippen LogP contribution is 2.23. The number of pyridine rings is 2. The summed E-state index contributed by atoms with van der Waals surface area (Å²) >= 11 is 0. The molecule has 6 nitrogen and oxygen atoms in total. The minimum Gasteiger partial charge on any atom is -0.404 e. The highest BCUT2D eigenvalue weighted by Gasteiger charge is 2.10. The van der Waals surface area contributed by atoms with E-state index < -0.39 is 0 Å². The fourth-order valence-electron chi connectivity index (χ4n) is 2.58. The molecule has 0 atom stereocenters. The number of rotatable bonds is 5. The first-order valence-corrected chi connectivity index (χ1v) is 8.01. The first kappa shape index (κ1) is 17.3. The second-order valence-corrected chi connectivity index (χ2v) is 5.61. The van der Waals surface area contributed by atoms with Gasteiger partial charge in [0.15, 0.2) is 0 Å². The number of nitrogen functional groups attached to an aromatic ring is 1. The van der Waals surface area contributed by atoms with Crippen molar-refractivity contribution in [2.24, 2.45) is 10.7 Å². The SMILES string of the molecule is CN=CC(=CN)c1ccc(N)c(NCc2ccc3ncccc3c2F)n1. The number of benzene rings is 1. The number of nitrogens with two attached hydrogens (primary N) is 2. The van der Waals surface area contributed by atoms with Crippen LogP contribution in [0.15, 0.2) is 53.8 Å². The van der Waals surface area contributed by atoms with Crippen LogP contribution in [-0.2, 0) is 6.54 Å². The van der Waals surface area contributed by atoms with Gasteiger partial charge < -0.3 is 16.8 Å². The average Bonchev–Trinajstić information content (AvgIpc) is 2.67. The molecule has 2 aromatic heterocycles. The van der Waals surface area contributed by atoms with Crippen LogP contribution in [0.4, 0.5) is 15.9 Å². The zero-order chi connectivity index (χ0) is 18.5. The molecule has 2 heterocycles. The second-order valence-electron chi connectivity index (χ2n) is 5.61. The molecule has 3 aromatic rings. The molecule has 0 radical (unpaired) electrons. The fraction of sp³-hybridized carbons (Fsp3) is 0.105. The van der Waals surface area contributed by atoms with Crippen molar-refractivity contribution in [3.8, 4) is 0 Å². The van der Waals surface area contributed by atoms with Crippen LogP contribution in [0.2, 0.25) is 0 Å². The van der Waals surface area contributed by atoms with Crippen LogP contribution in [0.3, 0.4) is 0 Å². The van der Waals surface area contributed by atoms with Crippen LogP contribution in [0.5, 0.6) is 0 Å². The van der Waals surface area contributed by atoms with Gasteiger partial charge in [0, 0.05) is 48.7 Å². The van der Waals surface area contributed by atoms with E-state index in [1.165, 1.54) is 6.20 Å². The predicted molar refractivity (Wildman–Crippen MR) is 104 cm³/mol. The Labute approximate surface area is 150 Å². The van der Waals surface area contributed by atoms with Crippen LogP contribution in [-0.4, -0.2) is 23.2 Å². The Morgan fingerprint density at radius 3 is 2.88 bits per heavy atom. The van der Waals surface area contributed by atoms with E-state index in [-0.39, 0.29) is 12.4 Å². The summed E-state index contributed by atoms with van der Waals surface area (Å²) in [4.78, 5) is 12.6. The smallest absolute Gasteiger partial charge is 0.150 e. The van der Waals surface area contributed by atoms with Crippen LogP contribution >= 0.6 is 0 Å². The summed E-state index contributed by atoms with van der Waals surface area (Å²) < 4.78 is 14.7. The summed E-state index contributed by atoms with van der Waals surface area (Å²) in [5.74, 6) is 0.149. The van der Waals surface area contributed by atoms with Gasteiger partial charge in [-0.3, -0.25) is 9.98 Å². The molecule has 0 saturated heterocycles. The van der Waals surface area contributed by atoms with Gasteiger partial charge in [-0.2, -0.15) is 0 Å². The molecule has 132 valence electrons. The zero-order valence-electron chi connectivity index (χ0n) is 14.3. The summed E-state index contributed by atoms with van der Waals surface area (Å²) in [5.41, 5.74) is 14.5. The van der Waals surface area contributed by atoms with E-state index in [1.54, 1.807) is 55.9 Å². The number of hydrogen-bond acceptors (Lipinski definition) is 6. The molecule has 0 aliphatic heterocycles. The summed E-state index contributed by atoms with van der Waals surface area (Å²) in [7, 11) is 1.65. The molecule has 0 unspecified atom stereocenters. The van der Waals surface area contributed by atoms with Gasteiger partial charge in [-0.15, -0.1) is 0 Å². The molecule has 0 amide bonds. The molecule has 1 aromatic carbocycles. The molecule has 26 heavy (non-hydrogen) atoms. The maximum absolute atomic E-state index is 14.7. The van der Waals surface area contributed by atoms with Gasteiger partial charge in [0.25, 0.3) is 0 Å². The normalized spacial score (nSPS) is 12.0. The topological polar surface area (TPSA) is 102 Å². The van der Waals surface area contributed by atoms with Gasteiger partial charge in [-0.1, -0.05) is 6.07 Å². The number of aromatic nitrogens is 2. The Morgan fingerprint density at radius 2 is 2.12 bits per heavy atom. The van der Waals surface area contributed by atoms with Crippen molar-refractivity contribution in [3.63, 3.8) is 0 Å². The molecule has 0 spiro atoms. The van der Waals surface area contributed by atoms with Crippen molar-refractivity contribution in [1.29, 1.82) is 0 Å². The van der Waals surface area contributed by atoms with Crippen molar-refractivity contribution in [2.75, 3.05) is 18.1 Å². The van der Waals surface area contributed by atoms with E-state index >= 15 is 0 Å². The van der Waals surface area contributed by atoms with E-state index in [9.17, 15) is 4.39 Å². The van der Waals surface area contributed by atoms with Gasteiger partial charge in [0.2, 0.25) is 0 Å². The van der Waals surface area contributed by atoms with Crippen LogP contribution in [0, 0.1) is 5.82 Å². The molecular formula is C19H19FN6. The number of hydrogen-bond donors (Lipinski definition) is 3. The van der Waals surface area contributed by atoms with Crippen molar-refractivity contribution >= 4 is 34.2 Å². The number of nitrogens with one attached hydrogen (secondary N) is 1. The lowest BCUT2D eigenvalue weighted by atomic mass is 10.1. The molecule has 0 saturated carbocycles. The van der Waals surface area contributed by atoms with E-state index in [4.69, 9.17) is 11.5 Å². The van der Waals surface area contributed by atoms with Gasteiger partial charge in [0.05, 0.1) is 16.9 Å². The first-order valence-electron chi connectivity index (χ1n) is 8.01. The number of halogens is 1. The van der Waals surface area contributed by atoms with E-state index in [0.29, 0.717) is 39.2 Å². The molecule has 3 rings (SSSR count). The molecule has 0 bridgehead atoms. The van der Waals surface area contributed by atoms with Crippen molar-refractivity contribution < 1.29 is 4.39 Å². The molecule has 0 aliphatic carbocycles. The minimum absolute atomic E-state index is 0.237. The van der Waals surface area contributed by atoms with Gasteiger partial charge in [0.1, 0.15) is 11.6 Å². The Balaban J connectivity index is 1.87. The highest BCUT2D eigenvalue weighted by molar-refractivity contribution is 6.09. The maximum Gasteiger partial charge on any atom is 0.150 e. The van der Waals surface area contributed by atoms with Crippen LogP contribution in [0.25, 0.3) is 16.5 Å². The molecule has 5 N–H and O–H groups in total. The molecule has 0 fully saturated rings. The third kappa shape index (κ3) is 3.46.